The Balaban J connectivity index is 1.85. The van der Waals surface area contributed by atoms with Gasteiger partial charge in [0.1, 0.15) is 0 Å². The normalized spacial score (nSPS) is 10.8. The molecule has 0 spiro atoms. The third-order valence-electron chi connectivity index (χ3n) is 2.96. The van der Waals surface area contributed by atoms with E-state index in [-0.39, 0.29) is 11.7 Å². The summed E-state index contributed by atoms with van der Waals surface area (Å²) in [6.07, 6.45) is 0. The number of carbonyl (C=O) groups excluding carboxylic acids is 1. The molecule has 0 aromatic heterocycles. The van der Waals surface area contributed by atoms with Crippen molar-refractivity contribution in [2.45, 2.75) is 23.3 Å². The minimum Gasteiger partial charge on any atom is -0.324 e. The molecule has 23 heavy (non-hydrogen) atoms. The minimum absolute atomic E-state index is 0.190. The number of rotatable bonds is 7. The molecule has 0 aliphatic carbocycles. The van der Waals surface area contributed by atoms with Crippen molar-refractivity contribution in [3.8, 4) is 0 Å². The Bertz CT molecular complexity index is 665. The van der Waals surface area contributed by atoms with Crippen LogP contribution in [0.2, 0.25) is 0 Å². The Hall–Kier alpha value is -1.53. The lowest BCUT2D eigenvalue weighted by Gasteiger charge is -2.10. The van der Waals surface area contributed by atoms with Crippen LogP contribution in [0.3, 0.4) is 0 Å². The van der Waals surface area contributed by atoms with Crippen molar-refractivity contribution >= 4 is 35.1 Å². The fourth-order valence-corrected chi connectivity index (χ4v) is 3.39. The summed E-state index contributed by atoms with van der Waals surface area (Å²) in [5.74, 6) is -1.68. The number of hydrogen-bond donors (Lipinski definition) is 1. The fourth-order valence-electron chi connectivity index (χ4n) is 2.02. The molecule has 0 aliphatic rings. The maximum absolute atomic E-state index is 12.5. The van der Waals surface area contributed by atoms with Crippen LogP contribution in [0.5, 0.6) is 0 Å². The molecular weight excluding hydrogens is 336 g/mol. The minimum atomic E-state index is -2.51. The van der Waals surface area contributed by atoms with E-state index in [2.05, 4.69) is 11.4 Å². The van der Waals surface area contributed by atoms with E-state index >= 15 is 0 Å². The van der Waals surface area contributed by atoms with E-state index in [9.17, 15) is 13.6 Å². The first-order valence-electron chi connectivity index (χ1n) is 7.01. The topological polar surface area (TPSA) is 29.1 Å². The predicted molar refractivity (Wildman–Crippen MR) is 94.3 cm³/mol. The van der Waals surface area contributed by atoms with Gasteiger partial charge in [0.05, 0.1) is 11.4 Å². The number of anilines is 1. The second kappa shape index (κ2) is 8.93. The number of para-hydroxylation sites is 1. The molecule has 2 rings (SSSR count). The molecule has 0 radical (unpaired) electrons. The molecule has 0 atom stereocenters. The maximum atomic E-state index is 12.5. The standard InChI is InChI=1S/C17H17F2NOS2/c1-12-5-4-6-13(9-12)10-22-11-16(21)20-14-7-2-3-8-15(14)23-17(18)19/h2-9,17H,10-11H2,1H3,(H,20,21). The molecule has 2 aromatic carbocycles. The van der Waals surface area contributed by atoms with Crippen molar-refractivity contribution in [1.29, 1.82) is 0 Å². The third kappa shape index (κ3) is 6.23. The van der Waals surface area contributed by atoms with Gasteiger partial charge >= 0.3 is 0 Å². The van der Waals surface area contributed by atoms with Gasteiger partial charge in [-0.1, -0.05) is 53.7 Å². The summed E-state index contributed by atoms with van der Waals surface area (Å²) in [4.78, 5) is 12.4. The highest BCUT2D eigenvalue weighted by Gasteiger charge is 2.11. The molecule has 1 N–H and O–H groups in total. The van der Waals surface area contributed by atoms with E-state index in [1.54, 1.807) is 24.3 Å². The average Bonchev–Trinajstić information content (AvgIpc) is 2.49. The number of carbonyl (C=O) groups is 1. The number of alkyl halides is 2. The van der Waals surface area contributed by atoms with Crippen LogP contribution in [-0.4, -0.2) is 17.4 Å². The van der Waals surface area contributed by atoms with Gasteiger partial charge in [-0.05, 0) is 24.6 Å². The molecule has 6 heteroatoms. The summed E-state index contributed by atoms with van der Waals surface area (Å²) in [6.45, 7) is 2.03. The van der Waals surface area contributed by atoms with Crippen LogP contribution in [0.4, 0.5) is 14.5 Å². The number of thioether (sulfide) groups is 2. The van der Waals surface area contributed by atoms with E-state index in [4.69, 9.17) is 0 Å². The Morgan fingerprint density at radius 2 is 1.96 bits per heavy atom. The number of nitrogens with one attached hydrogen (secondary N) is 1. The van der Waals surface area contributed by atoms with Crippen molar-refractivity contribution in [3.05, 3.63) is 59.7 Å². The molecule has 1 amide bonds. The Morgan fingerprint density at radius 3 is 2.70 bits per heavy atom. The second-order valence-electron chi connectivity index (χ2n) is 4.90. The number of amides is 1. The highest BCUT2D eigenvalue weighted by Crippen LogP contribution is 2.31. The molecule has 0 saturated heterocycles. The summed E-state index contributed by atoms with van der Waals surface area (Å²) in [5, 5.41) is 2.70. The van der Waals surface area contributed by atoms with E-state index < -0.39 is 5.76 Å². The van der Waals surface area contributed by atoms with Crippen molar-refractivity contribution < 1.29 is 13.6 Å². The van der Waals surface area contributed by atoms with Gasteiger partial charge in [0.2, 0.25) is 5.91 Å². The fraction of sp³-hybridized carbons (Fsp3) is 0.235. The van der Waals surface area contributed by atoms with Gasteiger partial charge in [-0.25, -0.2) is 0 Å². The summed E-state index contributed by atoms with van der Waals surface area (Å²) in [6, 6.07) is 14.7. The molecule has 2 nitrogen and oxygen atoms in total. The SMILES string of the molecule is Cc1cccc(CSCC(=O)Nc2ccccc2SC(F)F)c1. The second-order valence-corrected chi connectivity index (χ2v) is 6.92. The molecule has 0 unspecified atom stereocenters. The molecule has 0 heterocycles. The van der Waals surface area contributed by atoms with Crippen LogP contribution in [-0.2, 0) is 10.5 Å². The first-order valence-corrected chi connectivity index (χ1v) is 9.05. The number of benzene rings is 2. The average molecular weight is 353 g/mol. The molecule has 122 valence electrons. The molecule has 0 fully saturated rings. The molecule has 2 aromatic rings. The van der Waals surface area contributed by atoms with Gasteiger partial charge < -0.3 is 5.32 Å². The zero-order valence-electron chi connectivity index (χ0n) is 12.6. The van der Waals surface area contributed by atoms with Gasteiger partial charge in [0, 0.05) is 10.6 Å². The van der Waals surface area contributed by atoms with Crippen LogP contribution in [0.15, 0.2) is 53.4 Å². The number of hydrogen-bond acceptors (Lipinski definition) is 3. The summed E-state index contributed by atoms with van der Waals surface area (Å²) < 4.78 is 25.0. The van der Waals surface area contributed by atoms with Gasteiger partial charge in [-0.3, -0.25) is 4.79 Å². The summed E-state index contributed by atoms with van der Waals surface area (Å²) in [5.41, 5.74) is 2.78. The first-order chi connectivity index (χ1) is 11.0. The Labute approximate surface area is 143 Å². The first kappa shape index (κ1) is 17.8. The van der Waals surface area contributed by atoms with E-state index in [1.807, 2.05) is 25.1 Å². The lowest BCUT2D eigenvalue weighted by molar-refractivity contribution is -0.113. The van der Waals surface area contributed by atoms with Crippen molar-refractivity contribution in [2.24, 2.45) is 0 Å². The lowest BCUT2D eigenvalue weighted by atomic mass is 10.2. The van der Waals surface area contributed by atoms with Crippen LogP contribution in [0.25, 0.3) is 0 Å². The van der Waals surface area contributed by atoms with E-state index in [1.165, 1.54) is 17.3 Å². The highest BCUT2D eigenvalue weighted by atomic mass is 32.2. The van der Waals surface area contributed by atoms with Crippen LogP contribution in [0, 0.1) is 6.92 Å². The van der Waals surface area contributed by atoms with Gasteiger partial charge in [0.15, 0.2) is 0 Å². The van der Waals surface area contributed by atoms with E-state index in [0.29, 0.717) is 22.3 Å². The zero-order chi connectivity index (χ0) is 16.7. The van der Waals surface area contributed by atoms with Crippen LogP contribution in [0.1, 0.15) is 11.1 Å². The monoisotopic (exact) mass is 353 g/mol. The summed E-state index contributed by atoms with van der Waals surface area (Å²) in [7, 11) is 0. The van der Waals surface area contributed by atoms with Crippen molar-refractivity contribution in [1.82, 2.24) is 0 Å². The van der Waals surface area contributed by atoms with Crippen molar-refractivity contribution in [3.63, 3.8) is 0 Å². The van der Waals surface area contributed by atoms with Gasteiger partial charge in [-0.15, -0.1) is 11.8 Å². The van der Waals surface area contributed by atoms with Gasteiger partial charge in [-0.2, -0.15) is 8.78 Å². The summed E-state index contributed by atoms with van der Waals surface area (Å²) >= 11 is 1.93. The van der Waals surface area contributed by atoms with Crippen LogP contribution < -0.4 is 5.32 Å². The van der Waals surface area contributed by atoms with Crippen molar-refractivity contribution in [2.75, 3.05) is 11.1 Å². The largest absolute Gasteiger partial charge is 0.324 e. The zero-order valence-corrected chi connectivity index (χ0v) is 14.2. The number of halogens is 2. The number of aryl methyl sites for hydroxylation is 1. The van der Waals surface area contributed by atoms with Crippen LogP contribution >= 0.6 is 23.5 Å². The molecule has 0 saturated carbocycles. The Morgan fingerprint density at radius 1 is 1.17 bits per heavy atom. The smallest absolute Gasteiger partial charge is 0.288 e. The Kier molecular flexibility index (Phi) is 6.92. The third-order valence-corrected chi connectivity index (χ3v) is 4.75. The quantitative estimate of drug-likeness (QED) is 0.695. The predicted octanol–water partition coefficient (Wildman–Crippen LogP) is 5.18. The molecule has 0 bridgehead atoms. The van der Waals surface area contributed by atoms with Gasteiger partial charge in [0.25, 0.3) is 5.76 Å². The highest BCUT2D eigenvalue weighted by molar-refractivity contribution is 7.99. The molecule has 0 aliphatic heterocycles. The molecular formula is C17H17F2NOS2. The lowest BCUT2D eigenvalue weighted by Crippen LogP contribution is -2.14. The van der Waals surface area contributed by atoms with E-state index in [0.717, 1.165) is 11.3 Å². The maximum Gasteiger partial charge on any atom is 0.288 e.